The van der Waals surface area contributed by atoms with Crippen LogP contribution in [0, 0.1) is 11.7 Å². The summed E-state index contributed by atoms with van der Waals surface area (Å²) in [6.07, 6.45) is 1.20. The van der Waals surface area contributed by atoms with E-state index in [1.807, 2.05) is 0 Å². The van der Waals surface area contributed by atoms with E-state index in [0.29, 0.717) is 18.9 Å². The number of nitrogens with one attached hydrogen (secondary N) is 1. The first kappa shape index (κ1) is 18.5. The van der Waals surface area contributed by atoms with Gasteiger partial charge >= 0.3 is 11.5 Å². The molecule has 0 spiro atoms. The number of halogens is 4. The Labute approximate surface area is 135 Å². The van der Waals surface area contributed by atoms with Gasteiger partial charge in [0.05, 0.1) is 18.7 Å². The summed E-state index contributed by atoms with van der Waals surface area (Å²) in [7, 11) is -4.47. The van der Waals surface area contributed by atoms with Crippen LogP contribution in [0.4, 0.5) is 23.2 Å². The van der Waals surface area contributed by atoms with Gasteiger partial charge < -0.3 is 10.1 Å². The molecular weight excluding hydrogens is 354 g/mol. The van der Waals surface area contributed by atoms with E-state index in [9.17, 15) is 30.8 Å². The Hall–Kier alpha value is -1.84. The third-order valence-corrected chi connectivity index (χ3v) is 5.39. The predicted molar refractivity (Wildman–Crippen MR) is 76.4 cm³/mol. The van der Waals surface area contributed by atoms with E-state index in [1.165, 1.54) is 7.11 Å². The molecule has 1 fully saturated rings. The quantitative estimate of drug-likeness (QED) is 0.653. The standard InChI is InChI=1S/C14H15F4NO4S/c1-23-13(20)8-2-4-10(6-8)19-11-5-3-9(15)7-12(11)24(21,22)14(16,17)18/h3,5,7-8,10,19H,2,4,6H2,1H3/t8-,10+/m0/s1. The Balaban J connectivity index is 2.28. The van der Waals surface area contributed by atoms with Gasteiger partial charge in [-0.1, -0.05) is 0 Å². The van der Waals surface area contributed by atoms with Gasteiger partial charge in [0, 0.05) is 6.04 Å². The van der Waals surface area contributed by atoms with E-state index in [1.54, 1.807) is 0 Å². The van der Waals surface area contributed by atoms with Gasteiger partial charge in [-0.05, 0) is 37.5 Å². The molecule has 0 unspecified atom stereocenters. The van der Waals surface area contributed by atoms with Crippen molar-refractivity contribution in [2.45, 2.75) is 35.7 Å². The molecule has 0 heterocycles. The van der Waals surface area contributed by atoms with Gasteiger partial charge in [-0.25, -0.2) is 12.8 Å². The number of anilines is 1. The minimum atomic E-state index is -5.70. The van der Waals surface area contributed by atoms with Crippen LogP contribution in [0.25, 0.3) is 0 Å². The molecule has 10 heteroatoms. The van der Waals surface area contributed by atoms with E-state index >= 15 is 0 Å². The fourth-order valence-corrected chi connectivity index (χ4v) is 3.61. The Morgan fingerprint density at radius 3 is 2.54 bits per heavy atom. The monoisotopic (exact) mass is 369 g/mol. The van der Waals surface area contributed by atoms with Gasteiger partial charge in [0.1, 0.15) is 10.7 Å². The highest BCUT2D eigenvalue weighted by atomic mass is 32.2. The molecule has 24 heavy (non-hydrogen) atoms. The number of rotatable bonds is 4. The van der Waals surface area contributed by atoms with Crippen molar-refractivity contribution in [2.75, 3.05) is 12.4 Å². The molecule has 1 aliphatic carbocycles. The number of esters is 1. The van der Waals surface area contributed by atoms with Crippen LogP contribution in [0.1, 0.15) is 19.3 Å². The van der Waals surface area contributed by atoms with Crippen molar-refractivity contribution in [2.24, 2.45) is 5.92 Å². The molecule has 1 saturated carbocycles. The van der Waals surface area contributed by atoms with E-state index in [4.69, 9.17) is 0 Å². The maximum absolute atomic E-state index is 13.3. The Kier molecular flexibility index (Phi) is 5.07. The van der Waals surface area contributed by atoms with E-state index in [-0.39, 0.29) is 12.1 Å². The van der Waals surface area contributed by atoms with Crippen molar-refractivity contribution in [3.05, 3.63) is 24.0 Å². The maximum Gasteiger partial charge on any atom is 0.501 e. The predicted octanol–water partition coefficient (Wildman–Crippen LogP) is 2.87. The van der Waals surface area contributed by atoms with Gasteiger partial charge in [0.2, 0.25) is 0 Å². The average Bonchev–Trinajstić information content (AvgIpc) is 2.95. The summed E-state index contributed by atoms with van der Waals surface area (Å²) in [5.41, 5.74) is -5.88. The summed E-state index contributed by atoms with van der Waals surface area (Å²) >= 11 is 0. The largest absolute Gasteiger partial charge is 0.501 e. The van der Waals surface area contributed by atoms with Gasteiger partial charge in [-0.15, -0.1) is 0 Å². The molecular formula is C14H15F4NO4S. The van der Waals surface area contributed by atoms with Crippen LogP contribution in [0.5, 0.6) is 0 Å². The maximum atomic E-state index is 13.3. The topological polar surface area (TPSA) is 72.5 Å². The van der Waals surface area contributed by atoms with Gasteiger partial charge in [0.15, 0.2) is 0 Å². The zero-order valence-electron chi connectivity index (χ0n) is 12.6. The fraction of sp³-hybridized carbons (Fsp3) is 0.500. The van der Waals surface area contributed by atoms with Crippen LogP contribution in [0.15, 0.2) is 23.1 Å². The molecule has 0 amide bonds. The number of carbonyl (C=O) groups excluding carboxylic acids is 1. The van der Waals surface area contributed by atoms with E-state index in [0.717, 1.165) is 12.1 Å². The second-order valence-corrected chi connectivity index (χ2v) is 7.37. The molecule has 1 aliphatic rings. The minimum Gasteiger partial charge on any atom is -0.469 e. The third-order valence-electron chi connectivity index (χ3n) is 3.86. The van der Waals surface area contributed by atoms with Crippen molar-refractivity contribution >= 4 is 21.5 Å². The molecule has 0 aliphatic heterocycles. The van der Waals surface area contributed by atoms with Gasteiger partial charge in [-0.2, -0.15) is 13.2 Å². The van der Waals surface area contributed by atoms with Crippen LogP contribution in [-0.4, -0.2) is 33.0 Å². The van der Waals surface area contributed by atoms with Gasteiger partial charge in [0.25, 0.3) is 9.84 Å². The number of hydrogen-bond donors (Lipinski definition) is 1. The third kappa shape index (κ3) is 3.63. The molecule has 2 atom stereocenters. The van der Waals surface area contributed by atoms with Crippen LogP contribution in [0.3, 0.4) is 0 Å². The fourth-order valence-electron chi connectivity index (χ4n) is 2.68. The Morgan fingerprint density at radius 1 is 1.29 bits per heavy atom. The number of hydrogen-bond acceptors (Lipinski definition) is 5. The first-order valence-electron chi connectivity index (χ1n) is 7.01. The summed E-state index contributed by atoms with van der Waals surface area (Å²) in [4.78, 5) is 10.3. The number of ether oxygens (including phenoxy) is 1. The van der Waals surface area contributed by atoms with Crippen LogP contribution in [0.2, 0.25) is 0 Å². The second-order valence-electron chi connectivity index (χ2n) is 5.46. The lowest BCUT2D eigenvalue weighted by molar-refractivity contribution is -0.145. The number of methoxy groups -OCH3 is 1. The number of carbonyl (C=O) groups is 1. The van der Waals surface area contributed by atoms with Gasteiger partial charge in [-0.3, -0.25) is 4.79 Å². The molecule has 1 aromatic rings. The van der Waals surface area contributed by atoms with Crippen molar-refractivity contribution in [1.82, 2.24) is 0 Å². The molecule has 0 saturated heterocycles. The number of benzene rings is 1. The summed E-state index contributed by atoms with van der Waals surface area (Å²) in [6, 6.07) is 1.73. The lowest BCUT2D eigenvalue weighted by Gasteiger charge is -2.18. The Bertz CT molecular complexity index is 733. The molecule has 1 aromatic carbocycles. The minimum absolute atomic E-state index is 0.287. The van der Waals surface area contributed by atoms with Crippen molar-refractivity contribution in [3.63, 3.8) is 0 Å². The summed E-state index contributed by atoms with van der Waals surface area (Å²) in [6.45, 7) is 0. The van der Waals surface area contributed by atoms with Crippen LogP contribution >= 0.6 is 0 Å². The zero-order chi connectivity index (χ0) is 18.1. The first-order chi connectivity index (χ1) is 11.1. The normalized spacial score (nSPS) is 21.5. The molecule has 0 radical (unpaired) electrons. The Morgan fingerprint density at radius 2 is 1.96 bits per heavy atom. The lowest BCUT2D eigenvalue weighted by atomic mass is 10.1. The molecule has 134 valence electrons. The smallest absolute Gasteiger partial charge is 0.469 e. The van der Waals surface area contributed by atoms with Crippen molar-refractivity contribution in [1.29, 1.82) is 0 Å². The second kappa shape index (κ2) is 6.58. The van der Waals surface area contributed by atoms with Crippen molar-refractivity contribution < 1.29 is 35.5 Å². The highest BCUT2D eigenvalue weighted by Crippen LogP contribution is 2.36. The molecule has 1 N–H and O–H groups in total. The molecule has 5 nitrogen and oxygen atoms in total. The molecule has 0 bridgehead atoms. The van der Waals surface area contributed by atoms with Crippen LogP contribution < -0.4 is 5.32 Å². The average molecular weight is 369 g/mol. The summed E-state index contributed by atoms with van der Waals surface area (Å²) < 4.78 is 79.4. The van der Waals surface area contributed by atoms with E-state index in [2.05, 4.69) is 10.1 Å². The summed E-state index contributed by atoms with van der Waals surface area (Å²) in [5.74, 6) is -1.93. The number of alkyl halides is 3. The SMILES string of the molecule is COC(=O)[C@H]1CC[C@@H](Nc2ccc(F)cc2S(=O)(=O)C(F)(F)F)C1. The zero-order valence-corrected chi connectivity index (χ0v) is 13.4. The highest BCUT2D eigenvalue weighted by molar-refractivity contribution is 7.92. The number of sulfone groups is 1. The molecule has 0 aromatic heterocycles. The van der Waals surface area contributed by atoms with E-state index < -0.39 is 44.0 Å². The van der Waals surface area contributed by atoms with Crippen LogP contribution in [-0.2, 0) is 19.4 Å². The first-order valence-corrected chi connectivity index (χ1v) is 8.50. The molecule has 2 rings (SSSR count). The highest BCUT2D eigenvalue weighted by Gasteiger charge is 2.48. The van der Waals surface area contributed by atoms with Crippen molar-refractivity contribution in [3.8, 4) is 0 Å². The lowest BCUT2D eigenvalue weighted by Crippen LogP contribution is -2.26. The summed E-state index contributed by atoms with van der Waals surface area (Å²) in [5, 5.41) is 2.67.